The molecule has 0 radical (unpaired) electrons. The fourth-order valence-corrected chi connectivity index (χ4v) is 1.81. The van der Waals surface area contributed by atoms with Gasteiger partial charge in [0, 0.05) is 24.5 Å². The van der Waals surface area contributed by atoms with Gasteiger partial charge in [-0.05, 0) is 37.5 Å². The third-order valence-electron chi connectivity index (χ3n) is 2.84. The van der Waals surface area contributed by atoms with E-state index < -0.39 is 0 Å². The number of nitrogens with one attached hydrogen (secondary N) is 1. The Morgan fingerprint density at radius 2 is 2.00 bits per heavy atom. The molecule has 1 N–H and O–H groups in total. The second kappa shape index (κ2) is 5.78. The lowest BCUT2D eigenvalue weighted by atomic mass is 10.1. The minimum Gasteiger partial charge on any atom is -0.370 e. The summed E-state index contributed by atoms with van der Waals surface area (Å²) in [4.78, 5) is 13.5. The Balaban J connectivity index is 2.49. The SMILES string of the molecule is CCNc1cc(C(C)C)nc(-c2cc(C)ccn2)n1. The molecule has 0 aliphatic rings. The van der Waals surface area contributed by atoms with Crippen LogP contribution in [0, 0.1) is 6.92 Å². The Kier molecular flexibility index (Phi) is 4.10. The fraction of sp³-hybridized carbons (Fsp3) is 0.400. The minimum atomic E-state index is 0.365. The van der Waals surface area contributed by atoms with E-state index in [1.54, 1.807) is 6.20 Å². The van der Waals surface area contributed by atoms with E-state index in [1.165, 1.54) is 0 Å². The molecule has 0 aromatic carbocycles. The van der Waals surface area contributed by atoms with Crippen molar-refractivity contribution in [2.45, 2.75) is 33.6 Å². The summed E-state index contributed by atoms with van der Waals surface area (Å²) in [5, 5.41) is 3.25. The van der Waals surface area contributed by atoms with Crippen LogP contribution in [0.5, 0.6) is 0 Å². The summed E-state index contributed by atoms with van der Waals surface area (Å²) >= 11 is 0. The molecule has 0 bridgehead atoms. The zero-order valence-corrected chi connectivity index (χ0v) is 11.9. The van der Waals surface area contributed by atoms with Crippen molar-refractivity contribution in [3.8, 4) is 11.5 Å². The molecule has 0 aliphatic heterocycles. The van der Waals surface area contributed by atoms with Crippen molar-refractivity contribution in [2.24, 2.45) is 0 Å². The number of pyridine rings is 1. The molecule has 0 fully saturated rings. The summed E-state index contributed by atoms with van der Waals surface area (Å²) < 4.78 is 0. The highest BCUT2D eigenvalue weighted by molar-refractivity contribution is 5.54. The second-order valence-electron chi connectivity index (χ2n) is 4.91. The van der Waals surface area contributed by atoms with Crippen LogP contribution in [0.15, 0.2) is 24.4 Å². The highest BCUT2D eigenvalue weighted by atomic mass is 15.0. The molecule has 2 aromatic heterocycles. The summed E-state index contributed by atoms with van der Waals surface area (Å²) in [7, 11) is 0. The zero-order valence-electron chi connectivity index (χ0n) is 11.9. The predicted octanol–water partition coefficient (Wildman–Crippen LogP) is 3.40. The molecular weight excluding hydrogens is 236 g/mol. The second-order valence-corrected chi connectivity index (χ2v) is 4.91. The number of aryl methyl sites for hydroxylation is 1. The highest BCUT2D eigenvalue weighted by Crippen LogP contribution is 2.21. The molecule has 0 saturated carbocycles. The first-order valence-corrected chi connectivity index (χ1v) is 6.66. The number of hydrogen-bond acceptors (Lipinski definition) is 4. The van der Waals surface area contributed by atoms with Crippen molar-refractivity contribution in [2.75, 3.05) is 11.9 Å². The average molecular weight is 256 g/mol. The van der Waals surface area contributed by atoms with E-state index in [1.807, 2.05) is 25.1 Å². The van der Waals surface area contributed by atoms with Crippen molar-refractivity contribution in [3.63, 3.8) is 0 Å². The molecule has 19 heavy (non-hydrogen) atoms. The summed E-state index contributed by atoms with van der Waals surface area (Å²) in [6.07, 6.45) is 1.79. The van der Waals surface area contributed by atoms with E-state index in [-0.39, 0.29) is 0 Å². The lowest BCUT2D eigenvalue weighted by molar-refractivity contribution is 0.816. The Bertz CT molecular complexity index is 564. The van der Waals surface area contributed by atoms with Gasteiger partial charge in [0.05, 0.1) is 0 Å². The summed E-state index contributed by atoms with van der Waals surface area (Å²) in [5.41, 5.74) is 3.01. The van der Waals surface area contributed by atoms with Crippen molar-refractivity contribution < 1.29 is 0 Å². The molecule has 0 amide bonds. The quantitative estimate of drug-likeness (QED) is 0.910. The molecule has 2 rings (SSSR count). The van der Waals surface area contributed by atoms with Gasteiger partial charge < -0.3 is 5.32 Å². The molecule has 0 saturated heterocycles. The van der Waals surface area contributed by atoms with Gasteiger partial charge in [-0.25, -0.2) is 9.97 Å². The standard InChI is InChI=1S/C15H20N4/c1-5-16-14-9-12(10(2)3)18-15(19-14)13-8-11(4)6-7-17-13/h6-10H,5H2,1-4H3,(H,16,18,19). The summed E-state index contributed by atoms with van der Waals surface area (Å²) in [5.74, 6) is 1.91. The average Bonchev–Trinajstić information content (AvgIpc) is 2.38. The van der Waals surface area contributed by atoms with Gasteiger partial charge in [-0.2, -0.15) is 0 Å². The Labute approximate surface area is 114 Å². The van der Waals surface area contributed by atoms with Gasteiger partial charge >= 0.3 is 0 Å². The van der Waals surface area contributed by atoms with Gasteiger partial charge in [-0.1, -0.05) is 13.8 Å². The Morgan fingerprint density at radius 3 is 2.63 bits per heavy atom. The summed E-state index contributed by atoms with van der Waals surface area (Å²) in [6.45, 7) is 9.21. The van der Waals surface area contributed by atoms with E-state index in [0.29, 0.717) is 11.7 Å². The van der Waals surface area contributed by atoms with Crippen LogP contribution in [0.25, 0.3) is 11.5 Å². The minimum absolute atomic E-state index is 0.365. The normalized spacial score (nSPS) is 10.8. The van der Waals surface area contributed by atoms with Crippen molar-refractivity contribution in [3.05, 3.63) is 35.7 Å². The molecule has 4 nitrogen and oxygen atoms in total. The van der Waals surface area contributed by atoms with Gasteiger partial charge in [0.25, 0.3) is 0 Å². The maximum absolute atomic E-state index is 4.61. The maximum Gasteiger partial charge on any atom is 0.180 e. The maximum atomic E-state index is 4.61. The number of hydrogen-bond donors (Lipinski definition) is 1. The topological polar surface area (TPSA) is 50.7 Å². The fourth-order valence-electron chi connectivity index (χ4n) is 1.81. The molecule has 0 atom stereocenters. The van der Waals surface area contributed by atoms with Gasteiger partial charge in [0.15, 0.2) is 5.82 Å². The molecule has 4 heteroatoms. The lowest BCUT2D eigenvalue weighted by Crippen LogP contribution is -2.05. The molecule has 0 aliphatic carbocycles. The number of nitrogens with zero attached hydrogens (tertiary/aromatic N) is 3. The van der Waals surface area contributed by atoms with Gasteiger partial charge in [-0.3, -0.25) is 4.98 Å². The predicted molar refractivity (Wildman–Crippen MR) is 78.3 cm³/mol. The monoisotopic (exact) mass is 256 g/mol. The van der Waals surface area contributed by atoms with Gasteiger partial charge in [-0.15, -0.1) is 0 Å². The van der Waals surface area contributed by atoms with Gasteiger partial charge in [0.2, 0.25) is 0 Å². The van der Waals surface area contributed by atoms with Crippen LogP contribution >= 0.6 is 0 Å². The van der Waals surface area contributed by atoms with E-state index in [0.717, 1.165) is 29.3 Å². The number of anilines is 1. The molecule has 0 unspecified atom stereocenters. The molecule has 100 valence electrons. The molecule has 2 heterocycles. The molecule has 0 spiro atoms. The van der Waals surface area contributed by atoms with Gasteiger partial charge in [0.1, 0.15) is 11.5 Å². The summed E-state index contributed by atoms with van der Waals surface area (Å²) in [6, 6.07) is 5.99. The van der Waals surface area contributed by atoms with Crippen LogP contribution in [0.3, 0.4) is 0 Å². The lowest BCUT2D eigenvalue weighted by Gasteiger charge is -2.10. The smallest absolute Gasteiger partial charge is 0.180 e. The van der Waals surface area contributed by atoms with E-state index in [9.17, 15) is 0 Å². The molecule has 2 aromatic rings. The van der Waals surface area contributed by atoms with E-state index in [4.69, 9.17) is 0 Å². The van der Waals surface area contributed by atoms with Crippen LogP contribution in [0.4, 0.5) is 5.82 Å². The third-order valence-corrected chi connectivity index (χ3v) is 2.84. The first-order chi connectivity index (χ1) is 9.10. The van der Waals surface area contributed by atoms with Crippen molar-refractivity contribution in [1.82, 2.24) is 15.0 Å². The Hall–Kier alpha value is -1.97. The van der Waals surface area contributed by atoms with E-state index >= 15 is 0 Å². The van der Waals surface area contributed by atoms with Crippen LogP contribution in [0.1, 0.15) is 37.9 Å². The van der Waals surface area contributed by atoms with Crippen LogP contribution < -0.4 is 5.32 Å². The van der Waals surface area contributed by atoms with Crippen molar-refractivity contribution >= 4 is 5.82 Å². The zero-order chi connectivity index (χ0) is 13.8. The molecular formula is C15H20N4. The largest absolute Gasteiger partial charge is 0.370 e. The van der Waals surface area contributed by atoms with E-state index in [2.05, 4.69) is 41.0 Å². The number of aromatic nitrogens is 3. The first-order valence-electron chi connectivity index (χ1n) is 6.66. The first kappa shape index (κ1) is 13.5. The highest BCUT2D eigenvalue weighted by Gasteiger charge is 2.10. The van der Waals surface area contributed by atoms with Crippen LogP contribution in [-0.2, 0) is 0 Å². The number of rotatable bonds is 4. The van der Waals surface area contributed by atoms with Crippen molar-refractivity contribution in [1.29, 1.82) is 0 Å². The third kappa shape index (κ3) is 3.28. The Morgan fingerprint density at radius 1 is 1.21 bits per heavy atom. The van der Waals surface area contributed by atoms with Crippen LogP contribution in [-0.4, -0.2) is 21.5 Å². The van der Waals surface area contributed by atoms with Crippen LogP contribution in [0.2, 0.25) is 0 Å².